The number of aromatic nitrogens is 3. The van der Waals surface area contributed by atoms with E-state index in [2.05, 4.69) is 25.0 Å². The van der Waals surface area contributed by atoms with Gasteiger partial charge in [-0.25, -0.2) is 4.98 Å². The molecule has 3 heterocycles. The largest absolute Gasteiger partial charge is 0.573 e. The van der Waals surface area contributed by atoms with E-state index in [0.29, 0.717) is 22.2 Å². The van der Waals surface area contributed by atoms with Crippen LogP contribution in [0.25, 0.3) is 22.0 Å². The number of rotatable bonds is 5. The first-order valence-electron chi connectivity index (χ1n) is 8.90. The Hall–Kier alpha value is -3.79. The number of halogens is 3. The monoisotopic (exact) mass is 442 g/mol. The molecule has 6 nitrogen and oxygen atoms in total. The fourth-order valence-electron chi connectivity index (χ4n) is 2.70. The van der Waals surface area contributed by atoms with Crippen LogP contribution in [0.5, 0.6) is 5.75 Å². The summed E-state index contributed by atoms with van der Waals surface area (Å²) in [4.78, 5) is 26.5. The highest BCUT2D eigenvalue weighted by atomic mass is 32.1. The molecule has 0 aliphatic heterocycles. The molecule has 0 bridgehead atoms. The van der Waals surface area contributed by atoms with Gasteiger partial charge in [0.2, 0.25) is 0 Å². The second-order valence-electron chi connectivity index (χ2n) is 6.15. The van der Waals surface area contributed by atoms with Gasteiger partial charge in [0.25, 0.3) is 5.91 Å². The maximum absolute atomic E-state index is 12.6. The Balaban J connectivity index is 1.60. The molecule has 1 amide bonds. The summed E-state index contributed by atoms with van der Waals surface area (Å²) in [7, 11) is 0. The van der Waals surface area contributed by atoms with Gasteiger partial charge in [-0.1, -0.05) is 23.5 Å². The summed E-state index contributed by atoms with van der Waals surface area (Å²) in [5.41, 5.74) is 2.01. The number of thiazole rings is 1. The van der Waals surface area contributed by atoms with Crippen molar-refractivity contribution in [1.82, 2.24) is 15.0 Å². The standard InChI is InChI=1S/C21H13F3N4O2S/c22-21(23,24)30-14-9-7-13(8-10-14)19(29)28-20-27-17(15-5-1-3-11-25-15)18(31-20)16-6-2-4-12-26-16/h1-12H,(H,27,28,29). The summed E-state index contributed by atoms with van der Waals surface area (Å²) in [6, 6.07) is 15.5. The van der Waals surface area contributed by atoms with Crippen LogP contribution in [0.1, 0.15) is 10.4 Å². The van der Waals surface area contributed by atoms with E-state index in [1.165, 1.54) is 23.5 Å². The Morgan fingerprint density at radius 2 is 1.55 bits per heavy atom. The van der Waals surface area contributed by atoms with Gasteiger partial charge in [-0.2, -0.15) is 0 Å². The van der Waals surface area contributed by atoms with Crippen molar-refractivity contribution in [3.63, 3.8) is 0 Å². The number of hydrogen-bond acceptors (Lipinski definition) is 6. The Morgan fingerprint density at radius 1 is 0.903 bits per heavy atom. The highest BCUT2D eigenvalue weighted by Gasteiger charge is 2.31. The topological polar surface area (TPSA) is 77.0 Å². The zero-order valence-corrected chi connectivity index (χ0v) is 16.4. The molecule has 4 rings (SSSR count). The van der Waals surface area contributed by atoms with E-state index in [1.54, 1.807) is 30.6 Å². The second-order valence-corrected chi connectivity index (χ2v) is 7.15. The first kappa shape index (κ1) is 20.5. The zero-order chi connectivity index (χ0) is 21.8. The fraction of sp³-hybridized carbons (Fsp3) is 0.0476. The van der Waals surface area contributed by atoms with Crippen LogP contribution in [0.3, 0.4) is 0 Å². The molecule has 4 aromatic rings. The lowest BCUT2D eigenvalue weighted by Crippen LogP contribution is -2.17. The summed E-state index contributed by atoms with van der Waals surface area (Å²) in [5.74, 6) is -0.930. The molecule has 0 saturated carbocycles. The molecule has 10 heteroatoms. The number of ether oxygens (including phenoxy) is 1. The lowest BCUT2D eigenvalue weighted by molar-refractivity contribution is -0.274. The number of amides is 1. The van der Waals surface area contributed by atoms with E-state index >= 15 is 0 Å². The highest BCUT2D eigenvalue weighted by Crippen LogP contribution is 2.37. The van der Waals surface area contributed by atoms with Crippen LogP contribution in [0, 0.1) is 0 Å². The first-order valence-corrected chi connectivity index (χ1v) is 9.71. The van der Waals surface area contributed by atoms with Crippen LogP contribution in [-0.2, 0) is 0 Å². The number of carbonyl (C=O) groups excluding carboxylic acids is 1. The minimum Gasteiger partial charge on any atom is -0.406 e. The summed E-state index contributed by atoms with van der Waals surface area (Å²) in [6.07, 6.45) is -1.51. The Kier molecular flexibility index (Phi) is 5.63. The Labute approximate surface area is 178 Å². The molecule has 1 N–H and O–H groups in total. The first-order chi connectivity index (χ1) is 14.9. The van der Waals surface area contributed by atoms with Crippen molar-refractivity contribution in [2.45, 2.75) is 6.36 Å². The highest BCUT2D eigenvalue weighted by molar-refractivity contribution is 7.19. The fourth-order valence-corrected chi connectivity index (χ4v) is 3.64. The van der Waals surface area contributed by atoms with Crippen molar-refractivity contribution in [2.75, 3.05) is 5.32 Å². The number of benzene rings is 1. The summed E-state index contributed by atoms with van der Waals surface area (Å²) < 4.78 is 40.7. The predicted octanol–water partition coefficient (Wildman–Crippen LogP) is 5.42. The van der Waals surface area contributed by atoms with Gasteiger partial charge >= 0.3 is 6.36 Å². The van der Waals surface area contributed by atoms with Gasteiger partial charge < -0.3 is 4.74 Å². The van der Waals surface area contributed by atoms with E-state index < -0.39 is 18.0 Å². The maximum atomic E-state index is 12.6. The van der Waals surface area contributed by atoms with E-state index in [-0.39, 0.29) is 5.56 Å². The molecule has 0 atom stereocenters. The third-order valence-electron chi connectivity index (χ3n) is 4.00. The van der Waals surface area contributed by atoms with Crippen LogP contribution in [0.15, 0.2) is 73.1 Å². The van der Waals surface area contributed by atoms with Crippen LogP contribution >= 0.6 is 11.3 Å². The van der Waals surface area contributed by atoms with Crippen molar-refractivity contribution in [2.24, 2.45) is 0 Å². The van der Waals surface area contributed by atoms with Crippen molar-refractivity contribution in [3.8, 4) is 27.7 Å². The smallest absolute Gasteiger partial charge is 0.406 e. The zero-order valence-electron chi connectivity index (χ0n) is 15.6. The van der Waals surface area contributed by atoms with Gasteiger partial charge in [-0.15, -0.1) is 13.2 Å². The molecular formula is C21H13F3N4O2S. The minimum absolute atomic E-state index is 0.156. The van der Waals surface area contributed by atoms with Crippen LogP contribution in [0.2, 0.25) is 0 Å². The molecule has 0 fully saturated rings. The van der Waals surface area contributed by atoms with E-state index in [0.717, 1.165) is 17.0 Å². The van der Waals surface area contributed by atoms with Gasteiger partial charge in [0, 0.05) is 18.0 Å². The van der Waals surface area contributed by atoms with Crippen molar-refractivity contribution in [3.05, 3.63) is 78.6 Å². The lowest BCUT2D eigenvalue weighted by Gasteiger charge is -2.09. The van der Waals surface area contributed by atoms with Gasteiger partial charge in [-0.3, -0.25) is 20.1 Å². The number of nitrogens with zero attached hydrogens (tertiary/aromatic N) is 3. The summed E-state index contributed by atoms with van der Waals surface area (Å²) in [5, 5.41) is 2.98. The minimum atomic E-state index is -4.80. The number of hydrogen-bond donors (Lipinski definition) is 1. The molecule has 0 spiro atoms. The van der Waals surface area contributed by atoms with Crippen LogP contribution in [-0.4, -0.2) is 27.2 Å². The molecule has 3 aromatic heterocycles. The van der Waals surface area contributed by atoms with Crippen molar-refractivity contribution >= 4 is 22.4 Å². The summed E-state index contributed by atoms with van der Waals surface area (Å²) in [6.45, 7) is 0. The second kappa shape index (κ2) is 8.52. The Bertz CT molecular complexity index is 1120. The van der Waals surface area contributed by atoms with Crippen molar-refractivity contribution < 1.29 is 22.7 Å². The third-order valence-corrected chi connectivity index (χ3v) is 5.00. The SMILES string of the molecule is O=C(Nc1nc(-c2ccccn2)c(-c2ccccn2)s1)c1ccc(OC(F)(F)F)cc1. The van der Waals surface area contributed by atoms with Gasteiger partial charge in [-0.05, 0) is 48.5 Å². The number of anilines is 1. The molecule has 0 unspecified atom stereocenters. The summed E-state index contributed by atoms with van der Waals surface area (Å²) >= 11 is 1.22. The van der Waals surface area contributed by atoms with E-state index in [4.69, 9.17) is 0 Å². The molecule has 0 saturated heterocycles. The van der Waals surface area contributed by atoms with E-state index in [9.17, 15) is 18.0 Å². The quantitative estimate of drug-likeness (QED) is 0.447. The molecule has 0 aliphatic carbocycles. The van der Waals surface area contributed by atoms with Crippen LogP contribution in [0.4, 0.5) is 18.3 Å². The molecule has 31 heavy (non-hydrogen) atoms. The average molecular weight is 442 g/mol. The average Bonchev–Trinajstić information content (AvgIpc) is 3.18. The predicted molar refractivity (Wildman–Crippen MR) is 110 cm³/mol. The number of carbonyl (C=O) groups is 1. The maximum Gasteiger partial charge on any atom is 0.573 e. The number of nitrogens with one attached hydrogen (secondary N) is 1. The molecule has 0 radical (unpaired) electrons. The van der Waals surface area contributed by atoms with E-state index in [1.807, 2.05) is 18.2 Å². The third kappa shape index (κ3) is 5.04. The lowest BCUT2D eigenvalue weighted by atomic mass is 10.2. The van der Waals surface area contributed by atoms with Gasteiger partial charge in [0.15, 0.2) is 5.13 Å². The van der Waals surface area contributed by atoms with Crippen LogP contribution < -0.4 is 10.1 Å². The van der Waals surface area contributed by atoms with Gasteiger partial charge in [0.1, 0.15) is 11.4 Å². The number of pyridine rings is 2. The van der Waals surface area contributed by atoms with Gasteiger partial charge in [0.05, 0.1) is 16.3 Å². The van der Waals surface area contributed by atoms with Crippen molar-refractivity contribution in [1.29, 1.82) is 0 Å². The molecule has 156 valence electrons. The Morgan fingerprint density at radius 3 is 2.13 bits per heavy atom. The molecular weight excluding hydrogens is 429 g/mol. The molecule has 1 aromatic carbocycles. The number of alkyl halides is 3. The molecule has 0 aliphatic rings. The normalized spacial score (nSPS) is 11.2.